The molecule has 1 saturated heterocycles. The Morgan fingerprint density at radius 2 is 2.09 bits per heavy atom. The number of anilines is 1. The van der Waals surface area contributed by atoms with E-state index >= 15 is 0 Å². The van der Waals surface area contributed by atoms with Crippen LogP contribution in [0.2, 0.25) is 0 Å². The van der Waals surface area contributed by atoms with Crippen LogP contribution in [0.15, 0.2) is 18.2 Å². The molecule has 1 aromatic carbocycles. The Kier molecular flexibility index (Phi) is 5.06. The highest BCUT2D eigenvalue weighted by atomic mass is 16.2. The Morgan fingerprint density at radius 3 is 2.73 bits per heavy atom. The molecule has 3 amide bonds. The number of rotatable bonds is 4. The molecule has 0 aromatic heterocycles. The van der Waals surface area contributed by atoms with Crippen molar-refractivity contribution in [1.29, 1.82) is 0 Å². The van der Waals surface area contributed by atoms with Crippen molar-refractivity contribution in [3.05, 3.63) is 29.3 Å². The molecule has 1 aromatic rings. The maximum atomic E-state index is 12.2. The lowest BCUT2D eigenvalue weighted by Gasteiger charge is -2.19. The van der Waals surface area contributed by atoms with Gasteiger partial charge in [-0.05, 0) is 50.5 Å². The smallest absolute Gasteiger partial charge is 0.315 e. The van der Waals surface area contributed by atoms with E-state index in [1.54, 1.807) is 4.90 Å². The summed E-state index contributed by atoms with van der Waals surface area (Å²) in [6, 6.07) is 5.80. The third-order valence-electron chi connectivity index (χ3n) is 4.25. The number of hydrogen-bond donors (Lipinski definition) is 2. The van der Waals surface area contributed by atoms with Gasteiger partial charge in [-0.2, -0.15) is 0 Å². The Labute approximate surface area is 132 Å². The van der Waals surface area contributed by atoms with Crippen molar-refractivity contribution in [2.75, 3.05) is 11.4 Å². The van der Waals surface area contributed by atoms with Crippen LogP contribution < -0.4 is 15.5 Å². The van der Waals surface area contributed by atoms with E-state index in [9.17, 15) is 9.59 Å². The molecule has 0 aliphatic carbocycles. The lowest BCUT2D eigenvalue weighted by Crippen LogP contribution is -2.46. The van der Waals surface area contributed by atoms with Gasteiger partial charge >= 0.3 is 6.03 Å². The van der Waals surface area contributed by atoms with Crippen LogP contribution in [-0.4, -0.2) is 30.6 Å². The molecule has 0 bridgehead atoms. The second-order valence-electron chi connectivity index (χ2n) is 6.10. The molecule has 0 radical (unpaired) electrons. The average molecular weight is 303 g/mol. The monoisotopic (exact) mass is 303 g/mol. The van der Waals surface area contributed by atoms with Gasteiger partial charge in [0.15, 0.2) is 0 Å². The molecular weight excluding hydrogens is 278 g/mol. The first kappa shape index (κ1) is 16.3. The van der Waals surface area contributed by atoms with Crippen LogP contribution in [-0.2, 0) is 4.79 Å². The Bertz CT molecular complexity index is 571. The number of carbonyl (C=O) groups excluding carboxylic acids is 2. The van der Waals surface area contributed by atoms with E-state index in [0.717, 1.165) is 17.7 Å². The van der Waals surface area contributed by atoms with Crippen LogP contribution in [0.5, 0.6) is 0 Å². The molecule has 1 heterocycles. The summed E-state index contributed by atoms with van der Waals surface area (Å²) in [7, 11) is 0. The first-order chi connectivity index (χ1) is 10.4. The minimum Gasteiger partial charge on any atom is -0.336 e. The van der Waals surface area contributed by atoms with Crippen LogP contribution >= 0.6 is 0 Å². The van der Waals surface area contributed by atoms with Gasteiger partial charge in [0, 0.05) is 24.7 Å². The van der Waals surface area contributed by atoms with Crippen molar-refractivity contribution < 1.29 is 9.59 Å². The average Bonchev–Trinajstić information content (AvgIpc) is 2.82. The van der Waals surface area contributed by atoms with Gasteiger partial charge in [0.25, 0.3) is 0 Å². The third kappa shape index (κ3) is 3.78. The SMILES string of the molecule is CC[C@H](C)NC(=O)N[C@@H]1CC(=O)N(c2ccc(C)c(C)c2)C1. The minimum atomic E-state index is -0.200. The van der Waals surface area contributed by atoms with Gasteiger partial charge in [0.05, 0.1) is 6.04 Å². The van der Waals surface area contributed by atoms with Crippen molar-refractivity contribution in [2.24, 2.45) is 0 Å². The fourth-order valence-electron chi connectivity index (χ4n) is 2.50. The van der Waals surface area contributed by atoms with Gasteiger partial charge < -0.3 is 15.5 Å². The molecule has 0 unspecified atom stereocenters. The van der Waals surface area contributed by atoms with E-state index in [-0.39, 0.29) is 24.0 Å². The summed E-state index contributed by atoms with van der Waals surface area (Å²) < 4.78 is 0. The lowest BCUT2D eigenvalue weighted by molar-refractivity contribution is -0.117. The number of urea groups is 1. The van der Waals surface area contributed by atoms with Crippen molar-refractivity contribution in [1.82, 2.24) is 10.6 Å². The molecule has 1 fully saturated rings. The second kappa shape index (κ2) is 6.81. The molecular formula is C17H25N3O2. The number of nitrogens with zero attached hydrogens (tertiary/aromatic N) is 1. The topological polar surface area (TPSA) is 61.4 Å². The molecule has 2 atom stereocenters. The summed E-state index contributed by atoms with van der Waals surface area (Å²) in [6.07, 6.45) is 1.23. The fourth-order valence-corrected chi connectivity index (χ4v) is 2.50. The van der Waals surface area contributed by atoms with Crippen LogP contribution in [0, 0.1) is 13.8 Å². The predicted octanol–water partition coefficient (Wildman–Crippen LogP) is 2.51. The van der Waals surface area contributed by atoms with Crippen molar-refractivity contribution in [3.63, 3.8) is 0 Å². The molecule has 0 saturated carbocycles. The summed E-state index contributed by atoms with van der Waals surface area (Å²) in [5, 5.41) is 5.75. The van der Waals surface area contributed by atoms with Gasteiger partial charge in [-0.1, -0.05) is 13.0 Å². The fraction of sp³-hybridized carbons (Fsp3) is 0.529. The van der Waals surface area contributed by atoms with Gasteiger partial charge in [-0.15, -0.1) is 0 Å². The zero-order valence-corrected chi connectivity index (χ0v) is 13.8. The Hall–Kier alpha value is -2.04. The minimum absolute atomic E-state index is 0.0529. The second-order valence-corrected chi connectivity index (χ2v) is 6.10. The van der Waals surface area contributed by atoms with E-state index in [1.807, 2.05) is 39.0 Å². The Morgan fingerprint density at radius 1 is 1.36 bits per heavy atom. The standard InChI is InChI=1S/C17H25N3O2/c1-5-13(4)18-17(22)19-14-9-16(21)20(10-14)15-7-6-11(2)12(3)8-15/h6-8,13-14H,5,9-10H2,1-4H3,(H2,18,19,22)/t13-,14+/m0/s1. The van der Waals surface area contributed by atoms with Crippen LogP contribution in [0.1, 0.15) is 37.8 Å². The first-order valence-corrected chi connectivity index (χ1v) is 7.85. The van der Waals surface area contributed by atoms with Crippen molar-refractivity contribution in [2.45, 2.75) is 52.6 Å². The zero-order valence-electron chi connectivity index (χ0n) is 13.8. The molecule has 1 aliphatic rings. The van der Waals surface area contributed by atoms with E-state index in [4.69, 9.17) is 0 Å². The molecule has 120 valence electrons. The van der Waals surface area contributed by atoms with Crippen LogP contribution in [0.4, 0.5) is 10.5 Å². The molecule has 5 heteroatoms. The van der Waals surface area contributed by atoms with Crippen LogP contribution in [0.25, 0.3) is 0 Å². The van der Waals surface area contributed by atoms with Crippen molar-refractivity contribution >= 4 is 17.6 Å². The van der Waals surface area contributed by atoms with E-state index in [2.05, 4.69) is 17.6 Å². The number of benzene rings is 1. The summed E-state index contributed by atoms with van der Waals surface area (Å²) >= 11 is 0. The lowest BCUT2D eigenvalue weighted by atomic mass is 10.1. The van der Waals surface area contributed by atoms with Gasteiger partial charge in [-0.3, -0.25) is 4.79 Å². The highest BCUT2D eigenvalue weighted by molar-refractivity contribution is 5.96. The number of aryl methyl sites for hydroxylation is 2. The Balaban J connectivity index is 1.98. The summed E-state index contributed by atoms with van der Waals surface area (Å²) in [5.41, 5.74) is 3.27. The molecule has 5 nitrogen and oxygen atoms in total. The van der Waals surface area contributed by atoms with Gasteiger partial charge in [0.2, 0.25) is 5.91 Å². The third-order valence-corrected chi connectivity index (χ3v) is 4.25. The van der Waals surface area contributed by atoms with Crippen LogP contribution in [0.3, 0.4) is 0 Å². The highest BCUT2D eigenvalue weighted by Crippen LogP contribution is 2.24. The van der Waals surface area contributed by atoms with E-state index in [1.165, 1.54) is 5.56 Å². The number of carbonyl (C=O) groups is 2. The maximum Gasteiger partial charge on any atom is 0.315 e. The number of nitrogens with one attached hydrogen (secondary N) is 2. The summed E-state index contributed by atoms with van der Waals surface area (Å²) in [6.45, 7) is 8.59. The normalized spacial score (nSPS) is 19.2. The van der Waals surface area contributed by atoms with Crippen molar-refractivity contribution in [3.8, 4) is 0 Å². The molecule has 2 rings (SSSR count). The molecule has 2 N–H and O–H groups in total. The summed E-state index contributed by atoms with van der Waals surface area (Å²) in [4.78, 5) is 25.8. The number of hydrogen-bond acceptors (Lipinski definition) is 2. The van der Waals surface area contributed by atoms with E-state index in [0.29, 0.717) is 13.0 Å². The quantitative estimate of drug-likeness (QED) is 0.898. The molecule has 1 aliphatic heterocycles. The molecule has 22 heavy (non-hydrogen) atoms. The largest absolute Gasteiger partial charge is 0.336 e. The summed E-state index contributed by atoms with van der Waals surface area (Å²) in [5.74, 6) is 0.0529. The molecule has 0 spiro atoms. The van der Waals surface area contributed by atoms with E-state index < -0.39 is 0 Å². The maximum absolute atomic E-state index is 12.2. The highest BCUT2D eigenvalue weighted by Gasteiger charge is 2.31. The van der Waals surface area contributed by atoms with Gasteiger partial charge in [-0.25, -0.2) is 4.79 Å². The zero-order chi connectivity index (χ0) is 16.3. The first-order valence-electron chi connectivity index (χ1n) is 7.85. The number of amides is 3. The predicted molar refractivity (Wildman–Crippen MR) is 88.1 cm³/mol. The van der Waals surface area contributed by atoms with Gasteiger partial charge in [0.1, 0.15) is 0 Å².